The van der Waals surface area contributed by atoms with Crippen LogP contribution in [0.1, 0.15) is 41.6 Å². The van der Waals surface area contributed by atoms with Gasteiger partial charge in [0.15, 0.2) is 12.4 Å². The number of hydrogen-bond donors (Lipinski definition) is 0. The van der Waals surface area contributed by atoms with Crippen molar-refractivity contribution < 1.29 is 14.3 Å². The number of esters is 1. The normalized spacial score (nSPS) is 14.5. The fraction of sp³-hybridized carbons (Fsp3) is 0.333. The minimum atomic E-state index is -0.225. The first-order chi connectivity index (χ1) is 11.6. The highest BCUT2D eigenvalue weighted by atomic mass is 16.5. The van der Waals surface area contributed by atoms with Gasteiger partial charge in [0, 0.05) is 5.56 Å². The molecular weight excluding hydrogens is 300 g/mol. The Hall–Kier alpha value is -2.42. The molecule has 0 aliphatic heterocycles. The number of ether oxygens (including phenoxy) is 1. The molecule has 0 bridgehead atoms. The Labute approximate surface area is 142 Å². The minimum absolute atomic E-state index is 0.0123. The van der Waals surface area contributed by atoms with Crippen molar-refractivity contribution >= 4 is 11.8 Å². The zero-order chi connectivity index (χ0) is 16.9. The zero-order valence-electron chi connectivity index (χ0n) is 14.0. The summed E-state index contributed by atoms with van der Waals surface area (Å²) in [6.07, 6.45) is 3.93. The van der Waals surface area contributed by atoms with E-state index in [0.29, 0.717) is 5.56 Å². The topological polar surface area (TPSA) is 43.4 Å². The van der Waals surface area contributed by atoms with Gasteiger partial charge >= 0.3 is 5.97 Å². The highest BCUT2D eigenvalue weighted by molar-refractivity contribution is 5.98. The van der Waals surface area contributed by atoms with Crippen LogP contribution in [0.2, 0.25) is 0 Å². The van der Waals surface area contributed by atoms with Gasteiger partial charge in [0.25, 0.3) is 0 Å². The molecule has 1 saturated carbocycles. The van der Waals surface area contributed by atoms with Gasteiger partial charge in [-0.05, 0) is 30.9 Å². The molecule has 24 heavy (non-hydrogen) atoms. The van der Waals surface area contributed by atoms with Gasteiger partial charge in [-0.15, -0.1) is 0 Å². The molecule has 3 nitrogen and oxygen atoms in total. The fourth-order valence-corrected chi connectivity index (χ4v) is 3.09. The van der Waals surface area contributed by atoms with Crippen LogP contribution in [-0.4, -0.2) is 18.4 Å². The van der Waals surface area contributed by atoms with Crippen LogP contribution < -0.4 is 0 Å². The van der Waals surface area contributed by atoms with E-state index in [2.05, 4.69) is 31.2 Å². The van der Waals surface area contributed by atoms with Gasteiger partial charge in [-0.2, -0.15) is 0 Å². The number of aryl methyl sites for hydroxylation is 1. The number of Topliss-reactive ketones (excluding diaryl/α,β-unsaturated/α-hetero) is 1. The lowest BCUT2D eigenvalue weighted by Crippen LogP contribution is -2.19. The third-order valence-electron chi connectivity index (χ3n) is 4.63. The second-order valence-corrected chi connectivity index (χ2v) is 6.46. The lowest BCUT2D eigenvalue weighted by atomic mass is 10.0. The molecule has 0 saturated heterocycles. The van der Waals surface area contributed by atoms with Crippen molar-refractivity contribution in [3.63, 3.8) is 0 Å². The van der Waals surface area contributed by atoms with Crippen molar-refractivity contribution in [2.24, 2.45) is 5.92 Å². The van der Waals surface area contributed by atoms with Crippen LogP contribution in [0, 0.1) is 12.8 Å². The van der Waals surface area contributed by atoms with E-state index in [4.69, 9.17) is 4.74 Å². The molecule has 3 rings (SSSR count). The summed E-state index contributed by atoms with van der Waals surface area (Å²) in [6.45, 7) is 1.89. The molecule has 0 unspecified atom stereocenters. The first-order valence-corrected chi connectivity index (χ1v) is 8.50. The molecule has 0 atom stereocenters. The monoisotopic (exact) mass is 322 g/mol. The third-order valence-corrected chi connectivity index (χ3v) is 4.63. The highest BCUT2D eigenvalue weighted by Gasteiger charge is 2.24. The minimum Gasteiger partial charge on any atom is -0.457 e. The van der Waals surface area contributed by atoms with E-state index >= 15 is 0 Å². The van der Waals surface area contributed by atoms with Crippen molar-refractivity contribution in [2.45, 2.75) is 32.6 Å². The van der Waals surface area contributed by atoms with Crippen LogP contribution in [-0.2, 0) is 9.53 Å². The molecular formula is C21H22O3. The Bertz CT molecular complexity index is 708. The summed E-state index contributed by atoms with van der Waals surface area (Å²) in [5.41, 5.74) is 3.97. The summed E-state index contributed by atoms with van der Waals surface area (Å²) in [5, 5.41) is 0. The number of ketones is 1. The summed E-state index contributed by atoms with van der Waals surface area (Å²) in [5.74, 6) is -0.393. The third kappa shape index (κ3) is 3.91. The smallest absolute Gasteiger partial charge is 0.309 e. The van der Waals surface area contributed by atoms with E-state index in [-0.39, 0.29) is 24.3 Å². The first-order valence-electron chi connectivity index (χ1n) is 8.50. The van der Waals surface area contributed by atoms with Crippen LogP contribution in [0.4, 0.5) is 0 Å². The Morgan fingerprint density at radius 3 is 2.04 bits per heavy atom. The van der Waals surface area contributed by atoms with Gasteiger partial charge < -0.3 is 4.74 Å². The van der Waals surface area contributed by atoms with Crippen LogP contribution in [0.5, 0.6) is 0 Å². The molecule has 0 radical (unpaired) electrons. The molecule has 2 aromatic carbocycles. The Balaban J connectivity index is 1.59. The maximum absolute atomic E-state index is 12.2. The lowest BCUT2D eigenvalue weighted by molar-refractivity contribution is -0.147. The predicted octanol–water partition coefficient (Wildman–Crippen LogP) is 4.58. The maximum atomic E-state index is 12.2. The number of carbonyl (C=O) groups excluding carboxylic acids is 2. The highest BCUT2D eigenvalue weighted by Crippen LogP contribution is 2.26. The SMILES string of the molecule is Cc1ccc(-c2ccc(C(=O)COC(=O)C3CCCC3)cc2)cc1. The van der Waals surface area contributed by atoms with E-state index < -0.39 is 0 Å². The lowest BCUT2D eigenvalue weighted by Gasteiger charge is -2.09. The Kier molecular flexibility index (Phi) is 5.09. The second-order valence-electron chi connectivity index (χ2n) is 6.46. The first kappa shape index (κ1) is 16.4. The van der Waals surface area contributed by atoms with Crippen molar-refractivity contribution in [2.75, 3.05) is 6.61 Å². The molecule has 124 valence electrons. The van der Waals surface area contributed by atoms with Gasteiger partial charge in [0.05, 0.1) is 5.92 Å². The van der Waals surface area contributed by atoms with Gasteiger partial charge in [0.2, 0.25) is 0 Å². The molecule has 1 aliphatic rings. The molecule has 0 heterocycles. The summed E-state index contributed by atoms with van der Waals surface area (Å²) in [6, 6.07) is 15.7. The average molecular weight is 322 g/mol. The van der Waals surface area contributed by atoms with E-state index in [9.17, 15) is 9.59 Å². The molecule has 2 aromatic rings. The van der Waals surface area contributed by atoms with Gasteiger partial charge in [-0.3, -0.25) is 9.59 Å². The summed E-state index contributed by atoms with van der Waals surface area (Å²) in [4.78, 5) is 24.1. The van der Waals surface area contributed by atoms with Crippen molar-refractivity contribution in [3.05, 3.63) is 59.7 Å². The van der Waals surface area contributed by atoms with Crippen molar-refractivity contribution in [1.29, 1.82) is 0 Å². The Morgan fingerprint density at radius 1 is 0.917 bits per heavy atom. The average Bonchev–Trinajstić information content (AvgIpc) is 3.15. The molecule has 3 heteroatoms. The second kappa shape index (κ2) is 7.43. The van der Waals surface area contributed by atoms with Crippen molar-refractivity contribution in [3.8, 4) is 11.1 Å². The summed E-state index contributed by atoms with van der Waals surface area (Å²) >= 11 is 0. The molecule has 0 aromatic heterocycles. The zero-order valence-corrected chi connectivity index (χ0v) is 14.0. The molecule has 1 fully saturated rings. The van der Waals surface area contributed by atoms with Crippen LogP contribution in [0.15, 0.2) is 48.5 Å². The molecule has 0 spiro atoms. The number of benzene rings is 2. The van der Waals surface area contributed by atoms with Gasteiger partial charge in [0.1, 0.15) is 0 Å². The summed E-state index contributed by atoms with van der Waals surface area (Å²) < 4.78 is 5.18. The quantitative estimate of drug-likeness (QED) is 0.598. The number of hydrogen-bond acceptors (Lipinski definition) is 3. The van der Waals surface area contributed by atoms with Gasteiger partial charge in [-0.1, -0.05) is 66.9 Å². The van der Waals surface area contributed by atoms with Gasteiger partial charge in [-0.25, -0.2) is 0 Å². The van der Waals surface area contributed by atoms with Crippen LogP contribution in [0.25, 0.3) is 11.1 Å². The number of rotatable bonds is 5. The van der Waals surface area contributed by atoms with Crippen LogP contribution in [0.3, 0.4) is 0 Å². The largest absolute Gasteiger partial charge is 0.457 e. The van der Waals surface area contributed by atoms with E-state index in [1.165, 1.54) is 5.56 Å². The van der Waals surface area contributed by atoms with E-state index in [0.717, 1.165) is 36.8 Å². The molecule has 0 amide bonds. The van der Waals surface area contributed by atoms with E-state index in [1.807, 2.05) is 12.1 Å². The van der Waals surface area contributed by atoms with E-state index in [1.54, 1.807) is 12.1 Å². The van der Waals surface area contributed by atoms with Crippen LogP contribution >= 0.6 is 0 Å². The molecule has 0 N–H and O–H groups in total. The fourth-order valence-electron chi connectivity index (χ4n) is 3.09. The molecule has 1 aliphatic carbocycles. The standard InChI is InChI=1S/C21H22O3/c1-15-6-8-16(9-7-15)17-10-12-18(13-11-17)20(22)14-24-21(23)19-4-2-3-5-19/h6-13,19H,2-5,14H2,1H3. The predicted molar refractivity (Wildman–Crippen MR) is 93.9 cm³/mol. The van der Waals surface area contributed by atoms with Crippen molar-refractivity contribution in [1.82, 2.24) is 0 Å². The summed E-state index contributed by atoms with van der Waals surface area (Å²) in [7, 11) is 0. The maximum Gasteiger partial charge on any atom is 0.309 e. The Morgan fingerprint density at radius 2 is 1.46 bits per heavy atom. The number of carbonyl (C=O) groups is 2.